The molecule has 0 fully saturated rings. The lowest BCUT2D eigenvalue weighted by molar-refractivity contribution is 1.28. The van der Waals surface area contributed by atoms with E-state index in [1.54, 1.807) is 0 Å². The molecule has 0 aromatic heterocycles. The van der Waals surface area contributed by atoms with Gasteiger partial charge >= 0.3 is 0 Å². The first kappa shape index (κ1) is 36.4. The molecule has 0 unspecified atom stereocenters. The smallest absolute Gasteiger partial charge is 0.0546 e. The maximum absolute atomic E-state index is 2.39. The highest BCUT2D eigenvalue weighted by Gasteiger charge is 2.20. The van der Waals surface area contributed by atoms with Crippen molar-refractivity contribution in [2.24, 2.45) is 0 Å². The summed E-state index contributed by atoms with van der Waals surface area (Å²) in [5, 5.41) is 2.45. The molecule has 0 radical (unpaired) electrons. The summed E-state index contributed by atoms with van der Waals surface area (Å²) in [7, 11) is 0. The Morgan fingerprint density at radius 3 is 1.18 bits per heavy atom. The van der Waals surface area contributed by atoms with Crippen molar-refractivity contribution in [3.63, 3.8) is 0 Å². The summed E-state index contributed by atoms with van der Waals surface area (Å²) in [6.07, 6.45) is 0. The van der Waals surface area contributed by atoms with Crippen LogP contribution in [0.1, 0.15) is 0 Å². The molecule has 10 rings (SSSR count). The Bertz CT molecular complexity index is 2960. The van der Waals surface area contributed by atoms with Gasteiger partial charge in [-0.3, -0.25) is 0 Å². The molecule has 0 heterocycles. The van der Waals surface area contributed by atoms with Crippen molar-refractivity contribution in [3.8, 4) is 44.5 Å². The van der Waals surface area contributed by atoms with E-state index in [0.717, 1.165) is 39.7 Å². The third-order valence-corrected chi connectivity index (χ3v) is 11.2. The molecule has 284 valence electrons. The molecule has 0 spiro atoms. The minimum atomic E-state index is 1.10. The van der Waals surface area contributed by atoms with E-state index in [2.05, 4.69) is 265 Å². The predicted molar refractivity (Wildman–Crippen MR) is 255 cm³/mol. The number of para-hydroxylation sites is 3. The molecule has 0 saturated heterocycles. The summed E-state index contributed by atoms with van der Waals surface area (Å²) in [5.74, 6) is 0. The Morgan fingerprint density at radius 2 is 0.617 bits per heavy atom. The average molecular weight is 767 g/mol. The van der Waals surface area contributed by atoms with Crippen LogP contribution in [0.4, 0.5) is 34.1 Å². The zero-order chi connectivity index (χ0) is 40.1. The number of fused-ring (bicyclic) bond motifs is 1. The highest BCUT2D eigenvalue weighted by atomic mass is 15.1. The number of rotatable bonds is 10. The van der Waals surface area contributed by atoms with Gasteiger partial charge in [-0.1, -0.05) is 182 Å². The van der Waals surface area contributed by atoms with E-state index in [1.807, 2.05) is 0 Å². The Kier molecular flexibility index (Phi) is 10.0. The van der Waals surface area contributed by atoms with Gasteiger partial charge in [-0.15, -0.1) is 0 Å². The van der Waals surface area contributed by atoms with Gasteiger partial charge in [-0.05, 0) is 123 Å². The fourth-order valence-electron chi connectivity index (χ4n) is 8.32. The van der Waals surface area contributed by atoms with E-state index in [-0.39, 0.29) is 0 Å². The van der Waals surface area contributed by atoms with Crippen molar-refractivity contribution in [2.45, 2.75) is 0 Å². The minimum absolute atomic E-state index is 1.10. The Morgan fingerprint density at radius 1 is 0.217 bits per heavy atom. The van der Waals surface area contributed by atoms with E-state index in [4.69, 9.17) is 0 Å². The van der Waals surface area contributed by atoms with Crippen molar-refractivity contribution in [1.82, 2.24) is 0 Å². The molecule has 0 N–H and O–H groups in total. The fraction of sp³-hybridized carbons (Fsp3) is 0. The van der Waals surface area contributed by atoms with Crippen molar-refractivity contribution >= 4 is 44.9 Å². The van der Waals surface area contributed by atoms with Crippen LogP contribution in [0.3, 0.4) is 0 Å². The van der Waals surface area contributed by atoms with E-state index in [0.29, 0.717) is 0 Å². The Labute approximate surface area is 352 Å². The molecule has 0 saturated carbocycles. The molecule has 2 heteroatoms. The maximum atomic E-state index is 2.39. The van der Waals surface area contributed by atoms with Crippen LogP contribution in [0, 0.1) is 0 Å². The second kappa shape index (κ2) is 16.5. The van der Waals surface area contributed by atoms with Crippen molar-refractivity contribution in [2.75, 3.05) is 9.80 Å². The number of hydrogen-bond donors (Lipinski definition) is 0. The van der Waals surface area contributed by atoms with Crippen LogP contribution in [0.25, 0.3) is 55.3 Å². The van der Waals surface area contributed by atoms with E-state index in [1.165, 1.54) is 49.7 Å². The van der Waals surface area contributed by atoms with Crippen LogP contribution in [-0.4, -0.2) is 0 Å². The van der Waals surface area contributed by atoms with Crippen molar-refractivity contribution < 1.29 is 0 Å². The SMILES string of the molecule is c1ccc(-c2c(N(c3ccccc3)c3cccc(-c4ccc(-c5cccc(-c6ccc(N(c7ccccc7)c7ccccc7)cc6)c5)cc4)c3)ccc3ccccc23)cc1. The molecule has 0 bridgehead atoms. The molecule has 60 heavy (non-hydrogen) atoms. The molecular weight excluding hydrogens is 725 g/mol. The molecule has 0 aliphatic rings. The number of hydrogen-bond acceptors (Lipinski definition) is 2. The average Bonchev–Trinajstić information content (AvgIpc) is 3.33. The summed E-state index contributed by atoms with van der Waals surface area (Å²) < 4.78 is 0. The fourth-order valence-corrected chi connectivity index (χ4v) is 8.32. The van der Waals surface area contributed by atoms with Crippen LogP contribution >= 0.6 is 0 Å². The summed E-state index contributed by atoms with van der Waals surface area (Å²) in [5.41, 5.74) is 16.2. The molecule has 0 aliphatic carbocycles. The molecule has 0 aliphatic heterocycles. The largest absolute Gasteiger partial charge is 0.311 e. The first-order valence-corrected chi connectivity index (χ1v) is 20.5. The number of benzene rings is 10. The second-order valence-corrected chi connectivity index (χ2v) is 15.0. The van der Waals surface area contributed by atoms with Gasteiger partial charge in [-0.25, -0.2) is 0 Å². The Balaban J connectivity index is 0.959. The molecule has 10 aromatic carbocycles. The van der Waals surface area contributed by atoms with Gasteiger partial charge in [0.05, 0.1) is 5.69 Å². The van der Waals surface area contributed by atoms with Crippen LogP contribution in [-0.2, 0) is 0 Å². The van der Waals surface area contributed by atoms with Crippen LogP contribution in [0.15, 0.2) is 255 Å². The molecule has 0 atom stereocenters. The lowest BCUT2D eigenvalue weighted by Crippen LogP contribution is -2.11. The maximum Gasteiger partial charge on any atom is 0.0546 e. The molecule has 10 aromatic rings. The molecular formula is C58H42N2. The van der Waals surface area contributed by atoms with Crippen LogP contribution < -0.4 is 9.80 Å². The van der Waals surface area contributed by atoms with E-state index < -0.39 is 0 Å². The lowest BCUT2D eigenvalue weighted by atomic mass is 9.94. The third kappa shape index (κ3) is 7.35. The standard InChI is InChI=1S/C58H42N2/c1-5-18-47(19-6-1)58-56-30-14-13-17-46(56)37-40-57(58)60(53-27-11-4-12-28-53)55-29-16-22-50(42-55)44-33-31-43(32-34-44)48-20-15-21-49(41-48)45-35-38-54(39-36-45)59(51-23-7-2-8-24-51)52-25-9-3-10-26-52/h1-42H. The number of nitrogens with zero attached hydrogens (tertiary/aromatic N) is 2. The van der Waals surface area contributed by atoms with E-state index in [9.17, 15) is 0 Å². The number of anilines is 6. The first-order valence-electron chi connectivity index (χ1n) is 20.5. The van der Waals surface area contributed by atoms with Gasteiger partial charge in [0, 0.05) is 34.0 Å². The molecule has 0 amide bonds. The lowest BCUT2D eigenvalue weighted by Gasteiger charge is -2.29. The summed E-state index contributed by atoms with van der Waals surface area (Å²) >= 11 is 0. The third-order valence-electron chi connectivity index (χ3n) is 11.2. The quantitative estimate of drug-likeness (QED) is 0.137. The monoisotopic (exact) mass is 766 g/mol. The first-order chi connectivity index (χ1) is 29.8. The normalized spacial score (nSPS) is 11.0. The molecule has 2 nitrogen and oxygen atoms in total. The zero-order valence-corrected chi connectivity index (χ0v) is 33.1. The summed E-state index contributed by atoms with van der Waals surface area (Å²) in [6, 6.07) is 91.3. The van der Waals surface area contributed by atoms with Crippen molar-refractivity contribution in [1.29, 1.82) is 0 Å². The van der Waals surface area contributed by atoms with Gasteiger partial charge in [0.1, 0.15) is 0 Å². The van der Waals surface area contributed by atoms with Crippen molar-refractivity contribution in [3.05, 3.63) is 255 Å². The predicted octanol–water partition coefficient (Wildman–Crippen LogP) is 16.4. The summed E-state index contributed by atoms with van der Waals surface area (Å²) in [6.45, 7) is 0. The minimum Gasteiger partial charge on any atom is -0.311 e. The Hall–Kier alpha value is -7.94. The van der Waals surface area contributed by atoms with Crippen LogP contribution in [0.5, 0.6) is 0 Å². The van der Waals surface area contributed by atoms with Gasteiger partial charge in [-0.2, -0.15) is 0 Å². The topological polar surface area (TPSA) is 6.48 Å². The summed E-state index contributed by atoms with van der Waals surface area (Å²) in [4.78, 5) is 4.69. The second-order valence-electron chi connectivity index (χ2n) is 15.0. The van der Waals surface area contributed by atoms with Gasteiger partial charge in [0.25, 0.3) is 0 Å². The highest BCUT2D eigenvalue weighted by molar-refractivity contribution is 6.05. The van der Waals surface area contributed by atoms with E-state index >= 15 is 0 Å². The highest BCUT2D eigenvalue weighted by Crippen LogP contribution is 2.45. The van der Waals surface area contributed by atoms with Gasteiger partial charge in [0.15, 0.2) is 0 Å². The van der Waals surface area contributed by atoms with Gasteiger partial charge in [0.2, 0.25) is 0 Å². The zero-order valence-electron chi connectivity index (χ0n) is 33.1. The van der Waals surface area contributed by atoms with Gasteiger partial charge < -0.3 is 9.80 Å². The van der Waals surface area contributed by atoms with Crippen LogP contribution in [0.2, 0.25) is 0 Å².